The van der Waals surface area contributed by atoms with E-state index < -0.39 is 11.9 Å². The summed E-state index contributed by atoms with van der Waals surface area (Å²) >= 11 is 0. The predicted molar refractivity (Wildman–Crippen MR) is 109 cm³/mol. The van der Waals surface area contributed by atoms with Crippen LogP contribution in [0, 0.1) is 26.6 Å². The zero-order valence-corrected chi connectivity index (χ0v) is 16.7. The topological polar surface area (TPSA) is 99.3 Å². The minimum atomic E-state index is -0.542. The fraction of sp³-hybridized carbons (Fsp3) is 0.286. The summed E-state index contributed by atoms with van der Waals surface area (Å²) in [6.45, 7) is 5.51. The van der Waals surface area contributed by atoms with Gasteiger partial charge in [0.05, 0.1) is 13.1 Å². The van der Waals surface area contributed by atoms with Crippen LogP contribution in [0.4, 0.5) is 14.9 Å². The Morgan fingerprint density at radius 3 is 2.03 bits per heavy atom. The second-order valence-electron chi connectivity index (χ2n) is 6.76. The minimum Gasteiger partial charge on any atom is -0.345 e. The lowest BCUT2D eigenvalue weighted by atomic mass is 10.1. The molecule has 0 bridgehead atoms. The Bertz CT molecular complexity index is 874. The van der Waals surface area contributed by atoms with Crippen molar-refractivity contribution in [3.63, 3.8) is 0 Å². The summed E-state index contributed by atoms with van der Waals surface area (Å²) in [6, 6.07) is 9.10. The smallest absolute Gasteiger partial charge is 0.315 e. The van der Waals surface area contributed by atoms with E-state index in [1.807, 2.05) is 32.9 Å². The van der Waals surface area contributed by atoms with E-state index in [1.54, 1.807) is 12.1 Å². The molecule has 0 radical (unpaired) electrons. The summed E-state index contributed by atoms with van der Waals surface area (Å²) in [4.78, 5) is 35.6. The molecule has 0 heterocycles. The Hall–Kier alpha value is -3.42. The Balaban J connectivity index is 1.69. The Labute approximate surface area is 169 Å². The number of halogens is 1. The van der Waals surface area contributed by atoms with Crippen molar-refractivity contribution in [1.82, 2.24) is 16.0 Å². The maximum absolute atomic E-state index is 12.8. The van der Waals surface area contributed by atoms with Gasteiger partial charge in [0.15, 0.2) is 0 Å². The van der Waals surface area contributed by atoms with Gasteiger partial charge < -0.3 is 21.3 Å². The van der Waals surface area contributed by atoms with Crippen LogP contribution >= 0.6 is 0 Å². The van der Waals surface area contributed by atoms with Gasteiger partial charge in [0, 0.05) is 12.2 Å². The lowest BCUT2D eigenvalue weighted by Gasteiger charge is -2.13. The van der Waals surface area contributed by atoms with Gasteiger partial charge in [0.2, 0.25) is 11.8 Å². The van der Waals surface area contributed by atoms with Crippen molar-refractivity contribution in [3.05, 3.63) is 64.5 Å². The molecular weight excluding hydrogens is 375 g/mol. The number of carbonyl (C=O) groups excluding carboxylic acids is 3. The molecule has 0 saturated heterocycles. The monoisotopic (exact) mass is 400 g/mol. The molecule has 8 heteroatoms. The highest BCUT2D eigenvalue weighted by molar-refractivity contribution is 5.96. The summed E-state index contributed by atoms with van der Waals surface area (Å²) in [5.74, 6) is -1.20. The molecule has 2 aromatic rings. The minimum absolute atomic E-state index is 0.200. The van der Waals surface area contributed by atoms with Gasteiger partial charge >= 0.3 is 6.03 Å². The highest BCUT2D eigenvalue weighted by Gasteiger charge is 2.10. The van der Waals surface area contributed by atoms with E-state index in [-0.39, 0.29) is 31.4 Å². The van der Waals surface area contributed by atoms with Crippen molar-refractivity contribution in [2.24, 2.45) is 0 Å². The number of hydrogen-bond acceptors (Lipinski definition) is 3. The molecule has 0 saturated carbocycles. The highest BCUT2D eigenvalue weighted by Crippen LogP contribution is 2.21. The second-order valence-corrected chi connectivity index (χ2v) is 6.76. The molecule has 0 aliphatic heterocycles. The number of rotatable bonds is 7. The largest absolute Gasteiger partial charge is 0.345 e. The molecule has 0 fully saturated rings. The first-order chi connectivity index (χ1) is 13.7. The third kappa shape index (κ3) is 7.25. The second kappa shape index (κ2) is 10.2. The van der Waals surface area contributed by atoms with Crippen molar-refractivity contribution in [1.29, 1.82) is 0 Å². The number of hydrogen-bond donors (Lipinski definition) is 4. The van der Waals surface area contributed by atoms with Crippen molar-refractivity contribution in [2.75, 3.05) is 18.4 Å². The molecule has 0 aliphatic carbocycles. The normalized spacial score (nSPS) is 10.2. The number of urea groups is 1. The highest BCUT2D eigenvalue weighted by atomic mass is 19.1. The third-order valence-corrected chi connectivity index (χ3v) is 4.16. The van der Waals surface area contributed by atoms with Gasteiger partial charge in [-0.1, -0.05) is 29.8 Å². The van der Waals surface area contributed by atoms with Gasteiger partial charge in [-0.25, -0.2) is 9.18 Å². The molecule has 0 unspecified atom stereocenters. The molecule has 0 spiro atoms. The first kappa shape index (κ1) is 21.9. The van der Waals surface area contributed by atoms with Crippen LogP contribution in [0.1, 0.15) is 22.3 Å². The van der Waals surface area contributed by atoms with E-state index in [2.05, 4.69) is 21.3 Å². The van der Waals surface area contributed by atoms with E-state index in [0.29, 0.717) is 0 Å². The maximum Gasteiger partial charge on any atom is 0.315 e. The molecule has 154 valence electrons. The third-order valence-electron chi connectivity index (χ3n) is 4.16. The van der Waals surface area contributed by atoms with Gasteiger partial charge in [-0.05, 0) is 49.6 Å². The molecule has 0 aromatic heterocycles. The maximum atomic E-state index is 12.8. The molecule has 2 aromatic carbocycles. The average Bonchev–Trinajstić information content (AvgIpc) is 2.67. The van der Waals surface area contributed by atoms with Crippen molar-refractivity contribution < 1.29 is 18.8 Å². The Morgan fingerprint density at radius 1 is 0.828 bits per heavy atom. The molecule has 0 aliphatic rings. The zero-order valence-electron chi connectivity index (χ0n) is 16.7. The van der Waals surface area contributed by atoms with E-state index in [9.17, 15) is 18.8 Å². The van der Waals surface area contributed by atoms with Crippen LogP contribution in [-0.2, 0) is 16.1 Å². The molecule has 2 rings (SSSR count). The van der Waals surface area contributed by atoms with Gasteiger partial charge in [-0.15, -0.1) is 0 Å². The average molecular weight is 400 g/mol. The number of amides is 4. The lowest BCUT2D eigenvalue weighted by molar-refractivity contribution is -0.123. The van der Waals surface area contributed by atoms with Gasteiger partial charge in [-0.2, -0.15) is 0 Å². The van der Waals surface area contributed by atoms with Crippen molar-refractivity contribution >= 4 is 23.5 Å². The number of aryl methyl sites for hydroxylation is 3. The van der Waals surface area contributed by atoms with Crippen LogP contribution in [0.25, 0.3) is 0 Å². The summed E-state index contributed by atoms with van der Waals surface area (Å²) in [6.07, 6.45) is 0. The first-order valence-electron chi connectivity index (χ1n) is 9.15. The standard InChI is InChI=1S/C21H25FN4O3/c1-13-8-14(2)20(15(3)9-13)26-19(28)12-23-18(27)11-25-21(29)24-10-16-4-6-17(22)7-5-16/h4-9H,10-12H2,1-3H3,(H,23,27)(H,26,28)(H2,24,25,29). The van der Waals surface area contributed by atoms with Crippen LogP contribution in [0.15, 0.2) is 36.4 Å². The van der Waals surface area contributed by atoms with Crippen LogP contribution in [-0.4, -0.2) is 30.9 Å². The van der Waals surface area contributed by atoms with Crippen molar-refractivity contribution in [3.8, 4) is 0 Å². The molecule has 29 heavy (non-hydrogen) atoms. The summed E-state index contributed by atoms with van der Waals surface area (Å²) in [5.41, 5.74) is 4.45. The van der Waals surface area contributed by atoms with Gasteiger partial charge in [-0.3, -0.25) is 9.59 Å². The molecule has 0 atom stereocenters. The molecule has 4 N–H and O–H groups in total. The van der Waals surface area contributed by atoms with E-state index >= 15 is 0 Å². The predicted octanol–water partition coefficient (Wildman–Crippen LogP) is 2.31. The van der Waals surface area contributed by atoms with Gasteiger partial charge in [0.1, 0.15) is 5.82 Å². The van der Waals surface area contributed by atoms with Crippen LogP contribution < -0.4 is 21.3 Å². The quantitative estimate of drug-likeness (QED) is 0.574. The van der Waals surface area contributed by atoms with Gasteiger partial charge in [0.25, 0.3) is 0 Å². The fourth-order valence-electron chi connectivity index (χ4n) is 2.81. The van der Waals surface area contributed by atoms with E-state index in [1.165, 1.54) is 12.1 Å². The first-order valence-corrected chi connectivity index (χ1v) is 9.15. The number of anilines is 1. The summed E-state index contributed by atoms with van der Waals surface area (Å²) in [7, 11) is 0. The lowest BCUT2D eigenvalue weighted by Crippen LogP contribution is -2.43. The van der Waals surface area contributed by atoms with E-state index in [4.69, 9.17) is 0 Å². The zero-order chi connectivity index (χ0) is 21.4. The molecule has 4 amide bonds. The van der Waals surface area contributed by atoms with Crippen LogP contribution in [0.2, 0.25) is 0 Å². The van der Waals surface area contributed by atoms with E-state index in [0.717, 1.165) is 27.9 Å². The summed E-state index contributed by atoms with van der Waals surface area (Å²) in [5, 5.41) is 10.2. The van der Waals surface area contributed by atoms with Crippen molar-refractivity contribution in [2.45, 2.75) is 27.3 Å². The Kier molecular flexibility index (Phi) is 7.70. The molecular formula is C21H25FN4O3. The SMILES string of the molecule is Cc1cc(C)c(NC(=O)CNC(=O)CNC(=O)NCc2ccc(F)cc2)c(C)c1. The number of benzene rings is 2. The molecule has 7 nitrogen and oxygen atoms in total. The van der Waals surface area contributed by atoms with Crippen LogP contribution in [0.5, 0.6) is 0 Å². The Morgan fingerprint density at radius 2 is 1.41 bits per heavy atom. The summed E-state index contributed by atoms with van der Waals surface area (Å²) < 4.78 is 12.8. The fourth-order valence-corrected chi connectivity index (χ4v) is 2.81. The van der Waals surface area contributed by atoms with Crippen LogP contribution in [0.3, 0.4) is 0 Å². The number of carbonyl (C=O) groups is 3. The number of nitrogens with one attached hydrogen (secondary N) is 4.